The number of hydrogen-bond acceptors (Lipinski definition) is 4. The number of hydrogen-bond donors (Lipinski definition) is 2. The molecule has 25 heavy (non-hydrogen) atoms. The van der Waals surface area contributed by atoms with Crippen LogP contribution in [0.15, 0.2) is 53.7 Å². The van der Waals surface area contributed by atoms with Crippen molar-refractivity contribution in [3.05, 3.63) is 64.7 Å². The molecule has 0 aromatic heterocycles. The Balaban J connectivity index is 1.63. The van der Waals surface area contributed by atoms with Crippen LogP contribution in [-0.2, 0) is 11.4 Å². The van der Waals surface area contributed by atoms with E-state index >= 15 is 0 Å². The summed E-state index contributed by atoms with van der Waals surface area (Å²) >= 11 is 5.91. The lowest BCUT2D eigenvalue weighted by molar-refractivity contribution is -0.355. The molecule has 0 fully saturated rings. The molecular weight excluding hydrogens is 357 g/mol. The van der Waals surface area contributed by atoms with E-state index in [0.29, 0.717) is 17.1 Å². The molecule has 2 aromatic carbocycles. The van der Waals surface area contributed by atoms with Gasteiger partial charge in [-0.3, -0.25) is 0 Å². The molecule has 2 aromatic rings. The summed E-state index contributed by atoms with van der Waals surface area (Å²) in [4.78, 5) is 4.21. The predicted molar refractivity (Wildman–Crippen MR) is 88.5 cm³/mol. The summed E-state index contributed by atoms with van der Waals surface area (Å²) in [5.74, 6) is -3.25. The van der Waals surface area contributed by atoms with Gasteiger partial charge in [-0.15, -0.1) is 0 Å². The van der Waals surface area contributed by atoms with Gasteiger partial charge in [0.1, 0.15) is 0 Å². The number of nitrogens with zero attached hydrogens (tertiary/aromatic N) is 1. The van der Waals surface area contributed by atoms with Gasteiger partial charge in [0.15, 0.2) is 0 Å². The lowest BCUT2D eigenvalue weighted by atomic mass is 10.0. The van der Waals surface area contributed by atoms with Gasteiger partial charge in [-0.05, 0) is 29.3 Å². The van der Waals surface area contributed by atoms with Crippen LogP contribution in [0.3, 0.4) is 0 Å². The van der Waals surface area contributed by atoms with Crippen LogP contribution in [0.2, 0.25) is 5.02 Å². The summed E-state index contributed by atoms with van der Waals surface area (Å²) in [6.45, 7) is 0.524. The Labute approximate surface area is 146 Å². The number of oxime groups is 1. The van der Waals surface area contributed by atoms with Gasteiger partial charge in [-0.25, -0.2) is 0 Å². The Morgan fingerprint density at radius 2 is 1.92 bits per heavy atom. The van der Waals surface area contributed by atoms with Crippen molar-refractivity contribution >= 4 is 23.0 Å². The van der Waals surface area contributed by atoms with Crippen LogP contribution >= 0.6 is 11.6 Å². The summed E-state index contributed by atoms with van der Waals surface area (Å²) in [7, 11) is 0. The van der Waals surface area contributed by atoms with Crippen LogP contribution < -0.4 is 5.32 Å². The zero-order valence-electron chi connectivity index (χ0n) is 12.8. The Bertz CT molecular complexity index is 793. The molecule has 2 N–H and O–H groups in total. The zero-order chi connectivity index (χ0) is 18.1. The monoisotopic (exact) mass is 370 g/mol. The summed E-state index contributed by atoms with van der Waals surface area (Å²) in [6.07, 6.45) is -5.64. The van der Waals surface area contributed by atoms with Crippen molar-refractivity contribution in [1.82, 2.24) is 0 Å². The highest BCUT2D eigenvalue weighted by atomic mass is 35.5. The van der Waals surface area contributed by atoms with E-state index in [0.717, 1.165) is 11.3 Å². The van der Waals surface area contributed by atoms with E-state index in [1.807, 2.05) is 12.1 Å². The maximum atomic E-state index is 12.7. The predicted octanol–water partition coefficient (Wildman–Crippen LogP) is 4.33. The Hall–Kier alpha value is -2.25. The van der Waals surface area contributed by atoms with Gasteiger partial charge in [-0.1, -0.05) is 47.1 Å². The van der Waals surface area contributed by atoms with Gasteiger partial charge in [-0.2, -0.15) is 13.2 Å². The lowest BCUT2D eigenvalue weighted by Crippen LogP contribution is -2.45. The highest BCUT2D eigenvalue weighted by molar-refractivity contribution is 6.30. The lowest BCUT2D eigenvalue weighted by Gasteiger charge is -2.22. The van der Waals surface area contributed by atoms with Crippen molar-refractivity contribution in [1.29, 1.82) is 0 Å². The number of benzene rings is 2. The molecule has 1 heterocycles. The van der Waals surface area contributed by atoms with E-state index in [4.69, 9.17) is 11.6 Å². The van der Waals surface area contributed by atoms with Crippen LogP contribution in [0.25, 0.3) is 0 Å². The van der Waals surface area contributed by atoms with Crippen molar-refractivity contribution in [2.45, 2.75) is 24.9 Å². The Morgan fingerprint density at radius 3 is 2.52 bits per heavy atom. The zero-order valence-corrected chi connectivity index (χ0v) is 13.6. The second-order valence-electron chi connectivity index (χ2n) is 5.65. The molecule has 1 unspecified atom stereocenters. The highest BCUT2D eigenvalue weighted by Gasteiger charge is 2.60. The van der Waals surface area contributed by atoms with Crippen molar-refractivity contribution in [3.8, 4) is 0 Å². The van der Waals surface area contributed by atoms with Crippen molar-refractivity contribution in [2.24, 2.45) is 5.16 Å². The molecule has 1 atom stereocenters. The fraction of sp³-hybridized carbons (Fsp3) is 0.235. The molecule has 0 amide bonds. The molecule has 8 heteroatoms. The van der Waals surface area contributed by atoms with Crippen molar-refractivity contribution < 1.29 is 23.1 Å². The van der Waals surface area contributed by atoms with E-state index in [2.05, 4.69) is 15.3 Å². The minimum Gasteiger partial charge on any atom is -0.381 e. The molecule has 0 radical (unpaired) electrons. The average molecular weight is 371 g/mol. The molecule has 3 rings (SSSR count). The second-order valence-corrected chi connectivity index (χ2v) is 6.09. The van der Waals surface area contributed by atoms with Crippen LogP contribution in [0, 0.1) is 0 Å². The minimum atomic E-state index is -4.90. The maximum Gasteiger partial charge on any atom is 0.458 e. The molecule has 0 bridgehead atoms. The van der Waals surface area contributed by atoms with Gasteiger partial charge in [0.2, 0.25) is 0 Å². The standard InChI is InChI=1S/C17H14ClF3N2O2/c18-13-2-1-3-14(8-13)22-10-11-4-6-12(7-5-11)15-9-16(24,25-23-15)17(19,20)21/h1-8,22,24H,9-10H2. The van der Waals surface area contributed by atoms with Crippen LogP contribution in [0.4, 0.5) is 18.9 Å². The van der Waals surface area contributed by atoms with Gasteiger partial charge < -0.3 is 15.3 Å². The van der Waals surface area contributed by atoms with Crippen LogP contribution in [-0.4, -0.2) is 22.8 Å². The normalized spacial score (nSPS) is 20.1. The molecule has 4 nitrogen and oxygen atoms in total. The van der Waals surface area contributed by atoms with Crippen LogP contribution in [0.1, 0.15) is 17.5 Å². The Kier molecular flexibility index (Phi) is 4.62. The van der Waals surface area contributed by atoms with E-state index < -0.39 is 18.4 Å². The van der Waals surface area contributed by atoms with E-state index in [1.165, 1.54) is 0 Å². The third kappa shape index (κ3) is 3.88. The maximum absolute atomic E-state index is 12.7. The van der Waals surface area contributed by atoms with Crippen molar-refractivity contribution in [3.63, 3.8) is 0 Å². The summed E-state index contributed by atoms with van der Waals surface area (Å²) in [5.41, 5.74) is 2.30. The molecule has 0 saturated heterocycles. The largest absolute Gasteiger partial charge is 0.458 e. The Morgan fingerprint density at radius 1 is 1.20 bits per heavy atom. The molecule has 1 aliphatic rings. The van der Waals surface area contributed by atoms with Gasteiger partial charge in [0.05, 0.1) is 12.1 Å². The van der Waals surface area contributed by atoms with E-state index in [1.54, 1.807) is 36.4 Å². The number of rotatable bonds is 4. The summed E-state index contributed by atoms with van der Waals surface area (Å²) < 4.78 is 38.2. The fourth-order valence-corrected chi connectivity index (χ4v) is 2.54. The smallest absolute Gasteiger partial charge is 0.381 e. The van der Waals surface area contributed by atoms with E-state index in [9.17, 15) is 18.3 Å². The van der Waals surface area contributed by atoms with Gasteiger partial charge >= 0.3 is 12.0 Å². The number of aliphatic hydroxyl groups is 1. The first-order chi connectivity index (χ1) is 11.8. The molecule has 1 aliphatic heterocycles. The van der Waals surface area contributed by atoms with Crippen molar-refractivity contribution in [2.75, 3.05) is 5.32 Å². The number of anilines is 1. The third-order valence-corrected chi connectivity index (χ3v) is 4.00. The first kappa shape index (κ1) is 17.6. The first-order valence-electron chi connectivity index (χ1n) is 7.40. The minimum absolute atomic E-state index is 0.0502. The second kappa shape index (κ2) is 6.57. The van der Waals surface area contributed by atoms with E-state index in [-0.39, 0.29) is 5.71 Å². The molecule has 0 saturated carbocycles. The fourth-order valence-electron chi connectivity index (χ4n) is 2.35. The van der Waals surface area contributed by atoms with Gasteiger partial charge in [0.25, 0.3) is 0 Å². The van der Waals surface area contributed by atoms with Crippen LogP contribution in [0.5, 0.6) is 0 Å². The summed E-state index contributed by atoms with van der Waals surface area (Å²) in [6, 6.07) is 14.1. The SMILES string of the molecule is OC1(C(F)(F)F)CC(c2ccc(CNc3cccc(Cl)c3)cc2)=NO1. The highest BCUT2D eigenvalue weighted by Crippen LogP contribution is 2.38. The molecule has 0 spiro atoms. The molecular formula is C17H14ClF3N2O2. The summed E-state index contributed by atoms with van der Waals surface area (Å²) in [5, 5.41) is 16.7. The topological polar surface area (TPSA) is 53.8 Å². The third-order valence-electron chi connectivity index (χ3n) is 3.77. The quantitative estimate of drug-likeness (QED) is 0.842. The number of alkyl halides is 3. The first-order valence-corrected chi connectivity index (χ1v) is 7.77. The molecule has 0 aliphatic carbocycles. The molecule has 132 valence electrons. The number of halogens is 4. The van der Waals surface area contributed by atoms with Gasteiger partial charge in [0, 0.05) is 17.3 Å². The average Bonchev–Trinajstić information content (AvgIpc) is 2.97. The number of nitrogens with one attached hydrogen (secondary N) is 1.